The predicted octanol–water partition coefficient (Wildman–Crippen LogP) is 2.78. The molecule has 3 N–H and O–H groups in total. The first-order valence-electron chi connectivity index (χ1n) is 8.18. The Bertz CT molecular complexity index is 953. The van der Waals surface area contributed by atoms with Gasteiger partial charge >= 0.3 is 6.03 Å². The highest BCUT2D eigenvalue weighted by molar-refractivity contribution is 5.90. The molecule has 8 nitrogen and oxygen atoms in total. The molecule has 0 heterocycles. The van der Waals surface area contributed by atoms with E-state index in [4.69, 9.17) is 15.7 Å². The van der Waals surface area contributed by atoms with Crippen molar-refractivity contribution in [2.24, 2.45) is 10.7 Å². The Labute approximate surface area is 162 Å². The number of hydrogen-bond donors (Lipinski definition) is 2. The van der Waals surface area contributed by atoms with Crippen LogP contribution in [0.5, 0.6) is 5.75 Å². The number of aliphatic imine (C=N–C) groups is 1. The minimum Gasteiger partial charge on any atom is -0.497 e. The van der Waals surface area contributed by atoms with Crippen LogP contribution in [0.2, 0.25) is 0 Å². The van der Waals surface area contributed by atoms with Gasteiger partial charge in [-0.3, -0.25) is 0 Å². The van der Waals surface area contributed by atoms with Gasteiger partial charge in [-0.15, -0.1) is 0 Å². The van der Waals surface area contributed by atoms with Crippen molar-refractivity contribution >= 4 is 18.1 Å². The van der Waals surface area contributed by atoms with Crippen LogP contribution >= 0.6 is 0 Å². The molecule has 0 fully saturated rings. The topological polar surface area (TPSA) is 128 Å². The maximum atomic E-state index is 12.6. The molecule has 140 valence electrons. The number of ether oxygens (including phenoxy) is 1. The number of carbonyl (C=O) groups is 1. The van der Waals surface area contributed by atoms with Gasteiger partial charge in [0.1, 0.15) is 29.9 Å². The number of urea groups is 1. The number of methoxy groups -OCH3 is 1. The zero-order valence-corrected chi connectivity index (χ0v) is 15.2. The molecule has 0 aliphatic heterocycles. The lowest BCUT2D eigenvalue weighted by atomic mass is 10.2. The molecule has 0 radical (unpaired) electrons. The molecule has 28 heavy (non-hydrogen) atoms. The zero-order chi connectivity index (χ0) is 20.4. The average molecular weight is 374 g/mol. The average Bonchev–Trinajstić information content (AvgIpc) is 2.75. The highest BCUT2D eigenvalue weighted by Crippen LogP contribution is 2.18. The lowest BCUT2D eigenvalue weighted by Crippen LogP contribution is -2.39. The van der Waals surface area contributed by atoms with Crippen LogP contribution in [0.1, 0.15) is 5.56 Å². The fourth-order valence-electron chi connectivity index (χ4n) is 2.16. The highest BCUT2D eigenvalue weighted by Gasteiger charge is 2.19. The number of allylic oxidation sites excluding steroid dienone is 2. The second-order valence-corrected chi connectivity index (χ2v) is 5.44. The number of benzene rings is 2. The van der Waals surface area contributed by atoms with Crippen molar-refractivity contribution in [2.45, 2.75) is 6.54 Å². The van der Waals surface area contributed by atoms with Gasteiger partial charge in [0.15, 0.2) is 5.70 Å². The molecule has 0 atom stereocenters. The molecule has 0 aliphatic rings. The molecular weight excluding hydrogens is 356 g/mol. The predicted molar refractivity (Wildman–Crippen MR) is 104 cm³/mol. The molecule has 0 spiro atoms. The Morgan fingerprint density at radius 1 is 1.18 bits per heavy atom. The molecule has 0 aliphatic carbocycles. The normalized spacial score (nSPS) is 11.1. The summed E-state index contributed by atoms with van der Waals surface area (Å²) in [5.74, 6) is 0.655. The van der Waals surface area contributed by atoms with E-state index in [1.54, 1.807) is 43.5 Å². The number of nitrogens with one attached hydrogen (secondary N) is 1. The Balaban J connectivity index is 2.25. The van der Waals surface area contributed by atoms with Crippen LogP contribution in [-0.4, -0.2) is 24.4 Å². The lowest BCUT2D eigenvalue weighted by Gasteiger charge is -2.17. The van der Waals surface area contributed by atoms with E-state index in [0.29, 0.717) is 11.4 Å². The third-order valence-electron chi connectivity index (χ3n) is 3.62. The van der Waals surface area contributed by atoms with Crippen molar-refractivity contribution < 1.29 is 9.53 Å². The van der Waals surface area contributed by atoms with Gasteiger partial charge in [-0.25, -0.2) is 14.7 Å². The number of nitriles is 2. The van der Waals surface area contributed by atoms with Gasteiger partial charge in [0.2, 0.25) is 0 Å². The fourth-order valence-corrected chi connectivity index (χ4v) is 2.16. The van der Waals surface area contributed by atoms with Gasteiger partial charge in [-0.2, -0.15) is 10.5 Å². The number of rotatable bonds is 6. The van der Waals surface area contributed by atoms with Crippen molar-refractivity contribution in [2.75, 3.05) is 7.11 Å². The first-order valence-corrected chi connectivity index (χ1v) is 8.18. The van der Waals surface area contributed by atoms with Crippen molar-refractivity contribution in [1.82, 2.24) is 10.2 Å². The summed E-state index contributed by atoms with van der Waals surface area (Å²) in [6.45, 7) is 0.234. The van der Waals surface area contributed by atoms with E-state index in [0.717, 1.165) is 16.8 Å². The first kappa shape index (κ1) is 20.0. The molecule has 2 aromatic carbocycles. The summed E-state index contributed by atoms with van der Waals surface area (Å²) in [5.41, 5.74) is 6.27. The zero-order valence-electron chi connectivity index (χ0n) is 15.2. The molecule has 0 aromatic heterocycles. The molecule has 2 amide bonds. The van der Waals surface area contributed by atoms with Crippen molar-refractivity contribution in [3.05, 3.63) is 71.6 Å². The lowest BCUT2D eigenvalue weighted by molar-refractivity contribution is 0.228. The van der Waals surface area contributed by atoms with Gasteiger partial charge in [-0.1, -0.05) is 30.3 Å². The van der Waals surface area contributed by atoms with Crippen LogP contribution in [0.3, 0.4) is 0 Å². The second-order valence-electron chi connectivity index (χ2n) is 5.44. The maximum Gasteiger partial charge on any atom is 0.328 e. The largest absolute Gasteiger partial charge is 0.497 e. The molecule has 0 bridgehead atoms. The number of nitrogens with zero attached hydrogens (tertiary/aromatic N) is 4. The van der Waals surface area contributed by atoms with Crippen LogP contribution in [0.4, 0.5) is 10.5 Å². The van der Waals surface area contributed by atoms with E-state index in [-0.39, 0.29) is 12.2 Å². The molecule has 0 unspecified atom stereocenters. The fraction of sp³-hybridized carbons (Fsp3) is 0.100. The number of carbonyl (C=O) groups excluding carboxylic acids is 1. The van der Waals surface area contributed by atoms with E-state index in [1.807, 2.05) is 30.3 Å². The Hall–Kier alpha value is -4.30. The van der Waals surface area contributed by atoms with Crippen molar-refractivity contribution in [1.29, 1.82) is 10.5 Å². The molecular formula is C20H18N6O2. The SMILES string of the molecule is COc1ccc(N=CN(C(=O)NCc2ccccc2)/C(C#N)=C(\N)C#N)cc1. The van der Waals surface area contributed by atoms with Gasteiger partial charge < -0.3 is 15.8 Å². The first-order chi connectivity index (χ1) is 13.6. The molecule has 2 rings (SSSR count). The number of hydrogen-bond acceptors (Lipinski definition) is 6. The third-order valence-corrected chi connectivity index (χ3v) is 3.62. The smallest absolute Gasteiger partial charge is 0.328 e. The van der Waals surface area contributed by atoms with Crippen LogP contribution in [-0.2, 0) is 6.54 Å². The number of nitrogens with two attached hydrogens (primary N) is 1. The number of amides is 2. The Morgan fingerprint density at radius 2 is 1.86 bits per heavy atom. The molecule has 0 saturated heterocycles. The Morgan fingerprint density at radius 3 is 2.43 bits per heavy atom. The van der Waals surface area contributed by atoms with E-state index in [1.165, 1.54) is 0 Å². The van der Waals surface area contributed by atoms with Crippen LogP contribution in [0.25, 0.3) is 0 Å². The van der Waals surface area contributed by atoms with Crippen LogP contribution < -0.4 is 15.8 Å². The van der Waals surface area contributed by atoms with Gasteiger partial charge in [0.25, 0.3) is 0 Å². The van der Waals surface area contributed by atoms with Crippen molar-refractivity contribution in [3.63, 3.8) is 0 Å². The van der Waals surface area contributed by atoms with E-state index < -0.39 is 11.7 Å². The summed E-state index contributed by atoms with van der Waals surface area (Å²) in [4.78, 5) is 17.7. The molecule has 0 saturated carbocycles. The monoisotopic (exact) mass is 374 g/mol. The van der Waals surface area contributed by atoms with Gasteiger partial charge in [-0.05, 0) is 29.8 Å². The summed E-state index contributed by atoms with van der Waals surface area (Å²) in [6, 6.07) is 18.8. The standard InChI is InChI=1S/C20H18N6O2/c1-28-17-9-7-16(8-10-17)25-14-26(19(12-22)18(23)11-21)20(27)24-13-15-5-3-2-4-6-15/h2-10,14H,13,23H2,1H3,(H,24,27)/b19-18-,25-14?. The van der Waals surface area contributed by atoms with Gasteiger partial charge in [0, 0.05) is 6.54 Å². The summed E-state index contributed by atoms with van der Waals surface area (Å²) < 4.78 is 5.08. The van der Waals surface area contributed by atoms with E-state index >= 15 is 0 Å². The van der Waals surface area contributed by atoms with Crippen LogP contribution in [0, 0.1) is 22.7 Å². The minimum atomic E-state index is -0.643. The van der Waals surface area contributed by atoms with E-state index in [2.05, 4.69) is 10.3 Å². The minimum absolute atomic E-state index is 0.234. The summed E-state index contributed by atoms with van der Waals surface area (Å²) >= 11 is 0. The maximum absolute atomic E-state index is 12.6. The summed E-state index contributed by atoms with van der Waals surface area (Å²) in [7, 11) is 1.55. The third kappa shape index (κ3) is 5.35. The second kappa shape index (κ2) is 10.00. The van der Waals surface area contributed by atoms with E-state index in [9.17, 15) is 10.1 Å². The van der Waals surface area contributed by atoms with Gasteiger partial charge in [0.05, 0.1) is 12.8 Å². The van der Waals surface area contributed by atoms with Crippen molar-refractivity contribution in [3.8, 4) is 17.9 Å². The van der Waals surface area contributed by atoms with Crippen LogP contribution in [0.15, 0.2) is 71.0 Å². The Kier molecular flexibility index (Phi) is 7.15. The summed E-state index contributed by atoms with van der Waals surface area (Å²) in [6.07, 6.45) is 1.14. The highest BCUT2D eigenvalue weighted by atomic mass is 16.5. The molecule has 8 heteroatoms. The quantitative estimate of drug-likeness (QED) is 0.456. The summed E-state index contributed by atoms with van der Waals surface area (Å²) in [5, 5.41) is 21.0. The molecule has 2 aromatic rings.